The smallest absolute Gasteiger partial charge is 0.397 e. The van der Waals surface area contributed by atoms with Crippen molar-refractivity contribution in [1.82, 2.24) is 25.3 Å². The predicted molar refractivity (Wildman–Crippen MR) is 141 cm³/mol. The van der Waals surface area contributed by atoms with Gasteiger partial charge < -0.3 is 26.8 Å². The van der Waals surface area contributed by atoms with Crippen LogP contribution < -0.4 is 21.7 Å². The lowest BCUT2D eigenvalue weighted by Gasteiger charge is -2.34. The first-order chi connectivity index (χ1) is 18.6. The van der Waals surface area contributed by atoms with Crippen LogP contribution in [0, 0.1) is 0 Å². The monoisotopic (exact) mass is 558 g/mol. The molecule has 6 N–H and O–H groups in total. The number of rotatable bonds is 7. The van der Waals surface area contributed by atoms with Gasteiger partial charge in [-0.05, 0) is 25.0 Å². The Hall–Kier alpha value is -3.88. The molecule has 1 saturated heterocycles. The molecule has 204 valence electrons. The molecule has 14 heteroatoms. The summed E-state index contributed by atoms with van der Waals surface area (Å²) in [6.45, 7) is 1.19. The zero-order chi connectivity index (χ0) is 27.7. The highest BCUT2D eigenvalue weighted by molar-refractivity contribution is 7.21. The SMILES string of the molecule is NC(=O)c1sc2nc(N3CCC(NCC(O)c4ccc(-c5cncnc5)cn4)CC3)cc(C(F)(F)F)c2c1N. The number of thiophene rings is 1. The van der Waals surface area contributed by atoms with Crippen molar-refractivity contribution < 1.29 is 23.1 Å². The number of hydrogen-bond acceptors (Lipinski definition) is 10. The van der Waals surface area contributed by atoms with Gasteiger partial charge in [0.1, 0.15) is 28.0 Å². The lowest BCUT2D eigenvalue weighted by Crippen LogP contribution is -2.44. The molecule has 1 atom stereocenters. The van der Waals surface area contributed by atoms with E-state index in [1.165, 1.54) is 6.33 Å². The molecule has 1 aliphatic heterocycles. The van der Waals surface area contributed by atoms with Gasteiger partial charge in [0, 0.05) is 60.8 Å². The summed E-state index contributed by atoms with van der Waals surface area (Å²) in [5, 5.41) is 13.6. The predicted octanol–water partition coefficient (Wildman–Crippen LogP) is 3.14. The standard InChI is InChI=1S/C25H25F3N8O2S/c26-25(27,28)16-7-19(35-24-20(16)21(29)22(39-24)23(30)38)36-5-3-15(4-6-36)33-11-18(37)17-2-1-13(10-34-17)14-8-31-12-32-9-14/h1-2,7-10,12,15,18,33,37H,3-6,11,29H2,(H2,30,38). The molecule has 39 heavy (non-hydrogen) atoms. The van der Waals surface area contributed by atoms with Crippen molar-refractivity contribution >= 4 is 39.0 Å². The average Bonchev–Trinajstić information content (AvgIpc) is 3.28. The first kappa shape index (κ1) is 26.7. The van der Waals surface area contributed by atoms with Gasteiger partial charge >= 0.3 is 6.18 Å². The van der Waals surface area contributed by atoms with E-state index in [-0.39, 0.29) is 39.2 Å². The molecule has 1 amide bonds. The number of carbonyl (C=O) groups excluding carboxylic acids is 1. The summed E-state index contributed by atoms with van der Waals surface area (Å²) in [5.74, 6) is -0.727. The van der Waals surface area contributed by atoms with Crippen LogP contribution in [0.1, 0.15) is 39.9 Å². The number of hydrogen-bond donors (Lipinski definition) is 4. The van der Waals surface area contributed by atoms with Crippen LogP contribution in [0.2, 0.25) is 0 Å². The fourth-order valence-corrected chi connectivity index (χ4v) is 5.56. The molecule has 4 aromatic rings. The number of pyridine rings is 2. The normalized spacial score (nSPS) is 15.5. The van der Waals surface area contributed by atoms with Crippen molar-refractivity contribution in [3.8, 4) is 11.1 Å². The van der Waals surface area contributed by atoms with Gasteiger partial charge in [-0.1, -0.05) is 6.07 Å². The van der Waals surface area contributed by atoms with E-state index in [9.17, 15) is 23.1 Å². The summed E-state index contributed by atoms with van der Waals surface area (Å²) in [4.78, 5) is 30.0. The van der Waals surface area contributed by atoms with Gasteiger partial charge in [-0.15, -0.1) is 11.3 Å². The summed E-state index contributed by atoms with van der Waals surface area (Å²) >= 11 is 0.760. The third kappa shape index (κ3) is 5.62. The molecule has 4 aromatic heterocycles. The molecule has 5 heterocycles. The largest absolute Gasteiger partial charge is 0.417 e. The quantitative estimate of drug-likeness (QED) is 0.268. The van der Waals surface area contributed by atoms with E-state index < -0.39 is 23.8 Å². The highest BCUT2D eigenvalue weighted by atomic mass is 32.1. The second-order valence-corrected chi connectivity index (χ2v) is 10.2. The van der Waals surface area contributed by atoms with E-state index in [0.717, 1.165) is 28.5 Å². The van der Waals surface area contributed by atoms with Crippen molar-refractivity contribution in [2.75, 3.05) is 30.3 Å². The zero-order valence-corrected chi connectivity index (χ0v) is 21.3. The number of alkyl halides is 3. The molecular formula is C25H25F3N8O2S. The van der Waals surface area contributed by atoms with E-state index in [2.05, 4.69) is 25.3 Å². The average molecular weight is 559 g/mol. The molecule has 1 aliphatic rings. The maximum Gasteiger partial charge on any atom is 0.417 e. The Morgan fingerprint density at radius 1 is 1.18 bits per heavy atom. The number of nitrogens with zero attached hydrogens (tertiary/aromatic N) is 5. The van der Waals surface area contributed by atoms with E-state index >= 15 is 0 Å². The highest BCUT2D eigenvalue weighted by Gasteiger charge is 2.37. The van der Waals surface area contributed by atoms with E-state index in [4.69, 9.17) is 11.5 Å². The van der Waals surface area contributed by atoms with Gasteiger partial charge in [0.15, 0.2) is 0 Å². The third-order valence-electron chi connectivity index (χ3n) is 6.66. The van der Waals surface area contributed by atoms with Crippen LogP contribution in [0.3, 0.4) is 0 Å². The van der Waals surface area contributed by atoms with Crippen LogP contribution in [-0.4, -0.2) is 56.6 Å². The summed E-state index contributed by atoms with van der Waals surface area (Å²) in [5.41, 5.74) is 12.1. The minimum Gasteiger partial charge on any atom is -0.397 e. The van der Waals surface area contributed by atoms with Gasteiger partial charge in [-0.2, -0.15) is 13.2 Å². The number of aliphatic hydroxyl groups excluding tert-OH is 1. The number of aromatic nitrogens is 4. The van der Waals surface area contributed by atoms with E-state index in [1.807, 2.05) is 6.07 Å². The molecule has 0 aliphatic carbocycles. The molecule has 0 spiro atoms. The molecule has 10 nitrogen and oxygen atoms in total. The number of amides is 1. The van der Waals surface area contributed by atoms with Crippen LogP contribution in [0.25, 0.3) is 21.3 Å². The maximum atomic E-state index is 13.9. The molecule has 5 rings (SSSR count). The molecular weight excluding hydrogens is 533 g/mol. The van der Waals surface area contributed by atoms with Crippen LogP contribution >= 0.6 is 11.3 Å². The van der Waals surface area contributed by atoms with Crippen LogP contribution in [0.5, 0.6) is 0 Å². The first-order valence-corrected chi connectivity index (χ1v) is 12.9. The number of nitrogens with one attached hydrogen (secondary N) is 1. The third-order valence-corrected chi connectivity index (χ3v) is 7.77. The number of primary amides is 1. The van der Waals surface area contributed by atoms with Crippen molar-refractivity contribution in [3.63, 3.8) is 0 Å². The number of carbonyl (C=O) groups is 1. The minimum absolute atomic E-state index is 0.0211. The fourth-order valence-electron chi connectivity index (χ4n) is 4.59. The number of nitrogens with two attached hydrogens (primary N) is 2. The number of halogens is 3. The lowest BCUT2D eigenvalue weighted by atomic mass is 10.0. The molecule has 0 aromatic carbocycles. The second-order valence-electron chi connectivity index (χ2n) is 9.20. The Balaban J connectivity index is 1.22. The van der Waals surface area contributed by atoms with Crippen molar-refractivity contribution in [3.05, 3.63) is 59.3 Å². The van der Waals surface area contributed by atoms with Crippen LogP contribution in [0.15, 0.2) is 43.1 Å². The Labute approximate surface area is 224 Å². The Morgan fingerprint density at radius 2 is 1.90 bits per heavy atom. The Kier molecular flexibility index (Phi) is 7.34. The van der Waals surface area contributed by atoms with Crippen LogP contribution in [-0.2, 0) is 6.18 Å². The first-order valence-electron chi connectivity index (χ1n) is 12.1. The molecule has 1 fully saturated rings. The Morgan fingerprint density at radius 3 is 2.51 bits per heavy atom. The second kappa shape index (κ2) is 10.7. The fraction of sp³-hybridized carbons (Fsp3) is 0.320. The van der Waals surface area contributed by atoms with Crippen molar-refractivity contribution in [2.24, 2.45) is 5.73 Å². The van der Waals surface area contributed by atoms with Gasteiger partial charge in [0.05, 0.1) is 16.9 Å². The molecule has 0 bridgehead atoms. The number of anilines is 2. The van der Waals surface area contributed by atoms with Crippen molar-refractivity contribution in [2.45, 2.75) is 31.2 Å². The minimum atomic E-state index is -4.68. The van der Waals surface area contributed by atoms with Gasteiger partial charge in [0.2, 0.25) is 0 Å². The Bertz CT molecular complexity index is 1470. The summed E-state index contributed by atoms with van der Waals surface area (Å²) in [7, 11) is 0. The zero-order valence-electron chi connectivity index (χ0n) is 20.5. The topological polar surface area (TPSA) is 156 Å². The lowest BCUT2D eigenvalue weighted by molar-refractivity contribution is -0.136. The number of nitrogen functional groups attached to an aromatic ring is 1. The number of piperidine rings is 1. The van der Waals surface area contributed by atoms with Gasteiger partial charge in [-0.25, -0.2) is 15.0 Å². The summed E-state index contributed by atoms with van der Waals surface area (Å²) in [6.07, 6.45) is 2.21. The maximum absolute atomic E-state index is 13.9. The van der Waals surface area contributed by atoms with Gasteiger partial charge in [-0.3, -0.25) is 9.78 Å². The van der Waals surface area contributed by atoms with Crippen LogP contribution in [0.4, 0.5) is 24.7 Å². The van der Waals surface area contributed by atoms with E-state index in [1.54, 1.807) is 29.6 Å². The summed E-state index contributed by atoms with van der Waals surface area (Å²) < 4.78 is 41.7. The van der Waals surface area contributed by atoms with Crippen molar-refractivity contribution in [1.29, 1.82) is 0 Å². The molecule has 0 radical (unpaired) electrons. The molecule has 0 saturated carbocycles. The molecule has 1 unspecified atom stereocenters. The number of fused-ring (bicyclic) bond motifs is 1. The van der Waals surface area contributed by atoms with E-state index in [0.29, 0.717) is 31.6 Å². The summed E-state index contributed by atoms with van der Waals surface area (Å²) in [6, 6.07) is 4.62. The highest BCUT2D eigenvalue weighted by Crippen LogP contribution is 2.43. The number of aliphatic hydroxyl groups is 1. The van der Waals surface area contributed by atoms with Gasteiger partial charge in [0.25, 0.3) is 5.91 Å².